The fraction of sp³-hybridized carbons (Fsp3) is 0.567. The molecule has 0 unspecified atom stereocenters. The van der Waals surface area contributed by atoms with Gasteiger partial charge >= 0.3 is 5.97 Å². The van der Waals surface area contributed by atoms with Gasteiger partial charge in [0.2, 0.25) is 0 Å². The van der Waals surface area contributed by atoms with Gasteiger partial charge in [-0.3, -0.25) is 0 Å². The Kier molecular flexibility index (Phi) is 10.3. The normalized spacial score (nSPS) is 18.4. The minimum atomic E-state index is -0.281. The second-order valence-electron chi connectivity index (χ2n) is 9.68. The summed E-state index contributed by atoms with van der Waals surface area (Å²) in [6.45, 7) is 4.44. The highest BCUT2D eigenvalue weighted by molar-refractivity contribution is 5.91. The highest BCUT2D eigenvalue weighted by Crippen LogP contribution is 2.38. The smallest absolute Gasteiger partial charge is 0.343 e. The number of aryl methyl sites for hydroxylation is 1. The number of hydrogen-bond acceptors (Lipinski definition) is 2. The van der Waals surface area contributed by atoms with Crippen LogP contribution in [0, 0.1) is 5.92 Å². The molecule has 1 aliphatic carbocycles. The third kappa shape index (κ3) is 7.80. The van der Waals surface area contributed by atoms with Gasteiger partial charge in [-0.2, -0.15) is 0 Å². The summed E-state index contributed by atoms with van der Waals surface area (Å²) in [5.41, 5.74) is 3.26. The van der Waals surface area contributed by atoms with Crippen LogP contribution in [0.15, 0.2) is 48.5 Å². The number of hydrogen-bond donors (Lipinski definition) is 0. The van der Waals surface area contributed by atoms with Gasteiger partial charge < -0.3 is 4.74 Å². The van der Waals surface area contributed by atoms with Crippen LogP contribution in [0.5, 0.6) is 5.75 Å². The second kappa shape index (κ2) is 13.5. The average Bonchev–Trinajstić information content (AvgIpc) is 2.83. The molecule has 0 aliphatic heterocycles. The topological polar surface area (TPSA) is 26.3 Å². The zero-order valence-corrected chi connectivity index (χ0v) is 20.3. The molecule has 1 saturated carbocycles. The summed E-state index contributed by atoms with van der Waals surface area (Å²) >= 11 is 0. The minimum Gasteiger partial charge on any atom is -0.423 e. The van der Waals surface area contributed by atoms with Crippen molar-refractivity contribution in [2.45, 2.75) is 103 Å². The van der Waals surface area contributed by atoms with Gasteiger partial charge in [0.05, 0.1) is 5.56 Å². The van der Waals surface area contributed by atoms with E-state index in [-0.39, 0.29) is 5.97 Å². The van der Waals surface area contributed by atoms with Gasteiger partial charge in [-0.25, -0.2) is 4.79 Å². The van der Waals surface area contributed by atoms with Crippen molar-refractivity contribution >= 4 is 5.97 Å². The molecule has 0 radical (unpaired) electrons. The van der Waals surface area contributed by atoms with Crippen molar-refractivity contribution < 1.29 is 9.53 Å². The van der Waals surface area contributed by atoms with Gasteiger partial charge in [0, 0.05) is 0 Å². The number of carbonyl (C=O) groups excluding carboxylic acids is 1. The van der Waals surface area contributed by atoms with Crippen molar-refractivity contribution in [3.8, 4) is 5.75 Å². The highest BCUT2D eigenvalue weighted by atomic mass is 16.5. The van der Waals surface area contributed by atoms with Crippen LogP contribution in [-0.2, 0) is 6.42 Å². The number of unbranched alkanes of at least 4 members (excludes halogenated alkanes) is 5. The summed E-state index contributed by atoms with van der Waals surface area (Å²) in [4.78, 5) is 12.4. The Hall–Kier alpha value is -2.09. The first kappa shape index (κ1) is 24.6. The molecule has 2 aromatic rings. The number of carbonyl (C=O) groups is 1. The van der Waals surface area contributed by atoms with Crippen molar-refractivity contribution in [2.24, 2.45) is 5.92 Å². The van der Waals surface area contributed by atoms with Crippen molar-refractivity contribution in [3.63, 3.8) is 0 Å². The third-order valence-electron chi connectivity index (χ3n) is 7.10. The lowest BCUT2D eigenvalue weighted by Crippen LogP contribution is -2.13. The zero-order valence-electron chi connectivity index (χ0n) is 20.3. The molecule has 2 heteroatoms. The largest absolute Gasteiger partial charge is 0.423 e. The molecular formula is C30H42O2. The molecule has 2 aromatic carbocycles. The van der Waals surface area contributed by atoms with Gasteiger partial charge in [-0.15, -0.1) is 0 Å². The van der Waals surface area contributed by atoms with Gasteiger partial charge in [0.15, 0.2) is 0 Å². The maximum absolute atomic E-state index is 12.4. The first-order valence-corrected chi connectivity index (χ1v) is 13.1. The van der Waals surface area contributed by atoms with E-state index in [2.05, 4.69) is 26.0 Å². The highest BCUT2D eigenvalue weighted by Gasteiger charge is 2.22. The Morgan fingerprint density at radius 3 is 2.09 bits per heavy atom. The zero-order chi connectivity index (χ0) is 22.6. The van der Waals surface area contributed by atoms with Crippen LogP contribution in [0.4, 0.5) is 0 Å². The Morgan fingerprint density at radius 1 is 0.781 bits per heavy atom. The van der Waals surface area contributed by atoms with E-state index in [0.29, 0.717) is 17.2 Å². The molecule has 32 heavy (non-hydrogen) atoms. The lowest BCUT2D eigenvalue weighted by molar-refractivity contribution is 0.0734. The molecule has 1 aliphatic rings. The van der Waals surface area contributed by atoms with E-state index in [1.807, 2.05) is 36.4 Å². The Bertz CT molecular complexity index is 783. The van der Waals surface area contributed by atoms with Crippen molar-refractivity contribution in [3.05, 3.63) is 65.2 Å². The number of esters is 1. The molecule has 0 N–H and O–H groups in total. The number of benzene rings is 2. The van der Waals surface area contributed by atoms with Crippen LogP contribution in [-0.4, -0.2) is 5.97 Å². The summed E-state index contributed by atoms with van der Waals surface area (Å²) in [5.74, 6) is 1.94. The van der Waals surface area contributed by atoms with E-state index >= 15 is 0 Å². The van der Waals surface area contributed by atoms with E-state index in [1.165, 1.54) is 81.8 Å². The molecule has 0 heterocycles. The predicted molar refractivity (Wildman–Crippen MR) is 135 cm³/mol. The third-order valence-corrected chi connectivity index (χ3v) is 7.10. The molecule has 0 aromatic heterocycles. The quantitative estimate of drug-likeness (QED) is 0.189. The SMILES string of the molecule is CCCCCCCCC1CCC(c2ccc(OC(=O)c3ccc(CCC)cc3)cc2)CC1. The minimum absolute atomic E-state index is 0.281. The Labute approximate surface area is 195 Å². The van der Waals surface area contributed by atoms with E-state index in [1.54, 1.807) is 0 Å². The summed E-state index contributed by atoms with van der Waals surface area (Å²) in [6.07, 6.45) is 17.3. The molecule has 2 nitrogen and oxygen atoms in total. The molecule has 0 amide bonds. The van der Waals surface area contributed by atoms with Gasteiger partial charge in [-0.05, 0) is 79.3 Å². The molecule has 3 rings (SSSR count). The molecule has 0 saturated heterocycles. The van der Waals surface area contributed by atoms with Crippen LogP contribution in [0.25, 0.3) is 0 Å². The molecular weight excluding hydrogens is 392 g/mol. The predicted octanol–water partition coefficient (Wildman–Crippen LogP) is 8.88. The van der Waals surface area contributed by atoms with Crippen molar-refractivity contribution in [1.82, 2.24) is 0 Å². The Morgan fingerprint density at radius 2 is 1.44 bits per heavy atom. The molecule has 0 spiro atoms. The maximum Gasteiger partial charge on any atom is 0.343 e. The Balaban J connectivity index is 1.40. The molecule has 0 bridgehead atoms. The second-order valence-corrected chi connectivity index (χ2v) is 9.68. The first-order valence-electron chi connectivity index (χ1n) is 13.1. The molecule has 0 atom stereocenters. The summed E-state index contributed by atoms with van der Waals surface area (Å²) < 4.78 is 5.60. The van der Waals surface area contributed by atoms with Crippen LogP contribution in [0.3, 0.4) is 0 Å². The number of rotatable bonds is 12. The fourth-order valence-corrected chi connectivity index (χ4v) is 5.07. The van der Waals surface area contributed by atoms with Crippen molar-refractivity contribution in [1.29, 1.82) is 0 Å². The van der Waals surface area contributed by atoms with Crippen LogP contribution < -0.4 is 4.74 Å². The monoisotopic (exact) mass is 434 g/mol. The fourth-order valence-electron chi connectivity index (χ4n) is 5.07. The van der Waals surface area contributed by atoms with E-state index in [9.17, 15) is 4.79 Å². The van der Waals surface area contributed by atoms with Gasteiger partial charge in [-0.1, -0.05) is 89.5 Å². The summed E-state index contributed by atoms with van der Waals surface area (Å²) in [7, 11) is 0. The van der Waals surface area contributed by atoms with Crippen LogP contribution in [0.2, 0.25) is 0 Å². The average molecular weight is 435 g/mol. The molecule has 174 valence electrons. The standard InChI is InChI=1S/C30H42O2/c1-3-5-6-7-8-9-11-25-12-16-26(17-13-25)27-20-22-29(23-21-27)32-30(31)28-18-14-24(10-4-2)15-19-28/h14-15,18-23,25-26H,3-13,16-17H2,1-2H3. The number of ether oxygens (including phenoxy) is 1. The van der Waals surface area contributed by atoms with Gasteiger partial charge in [0.1, 0.15) is 5.75 Å². The summed E-state index contributed by atoms with van der Waals surface area (Å²) in [6, 6.07) is 16.0. The summed E-state index contributed by atoms with van der Waals surface area (Å²) in [5, 5.41) is 0. The lowest BCUT2D eigenvalue weighted by Gasteiger charge is -2.29. The van der Waals surface area contributed by atoms with E-state index in [4.69, 9.17) is 4.74 Å². The first-order chi connectivity index (χ1) is 15.7. The van der Waals surface area contributed by atoms with Crippen LogP contribution in [0.1, 0.15) is 118 Å². The van der Waals surface area contributed by atoms with E-state index in [0.717, 1.165) is 18.8 Å². The lowest BCUT2D eigenvalue weighted by atomic mass is 9.77. The maximum atomic E-state index is 12.4. The van der Waals surface area contributed by atoms with Gasteiger partial charge in [0.25, 0.3) is 0 Å². The van der Waals surface area contributed by atoms with Crippen LogP contribution >= 0.6 is 0 Å². The molecule has 1 fully saturated rings. The van der Waals surface area contributed by atoms with Crippen molar-refractivity contribution in [2.75, 3.05) is 0 Å². The van der Waals surface area contributed by atoms with E-state index < -0.39 is 0 Å².